The number of amides is 1. The van der Waals surface area contributed by atoms with Gasteiger partial charge in [-0.05, 0) is 12.1 Å². The van der Waals surface area contributed by atoms with Gasteiger partial charge in [0.25, 0.3) is 5.89 Å². The summed E-state index contributed by atoms with van der Waals surface area (Å²) in [5.41, 5.74) is 2.77. The second-order valence-electron chi connectivity index (χ2n) is 6.22. The summed E-state index contributed by atoms with van der Waals surface area (Å²) >= 11 is 0. The van der Waals surface area contributed by atoms with Crippen LogP contribution >= 0.6 is 0 Å². The largest absolute Gasteiger partial charge is 0.338 e. The minimum Gasteiger partial charge on any atom is -0.338 e. The molecule has 7 nitrogen and oxygen atoms in total. The Kier molecular flexibility index (Phi) is 4.02. The number of carbonyl (C=O) groups is 1. The number of halogens is 1. The molecule has 0 atom stereocenters. The lowest BCUT2D eigenvalue weighted by molar-refractivity contribution is -0.131. The molecule has 4 rings (SSSR count). The number of aromatic nitrogens is 4. The van der Waals surface area contributed by atoms with Gasteiger partial charge in [-0.25, -0.2) is 4.39 Å². The maximum atomic E-state index is 14.0. The van der Waals surface area contributed by atoms with Crippen molar-refractivity contribution in [2.45, 2.75) is 26.3 Å². The summed E-state index contributed by atoms with van der Waals surface area (Å²) < 4.78 is 21.1. The Labute approximate surface area is 149 Å². The lowest BCUT2D eigenvalue weighted by Crippen LogP contribution is -2.35. The highest BCUT2D eigenvalue weighted by molar-refractivity contribution is 5.76. The fraction of sp³-hybridized carbons (Fsp3) is 0.333. The Hall–Kier alpha value is -3.03. The SMILES string of the molecule is CCC(=O)N1CCc2c(c(-c3nc(-c4ccccc4F)no3)nn2C)C1. The second-order valence-corrected chi connectivity index (χ2v) is 6.22. The summed E-state index contributed by atoms with van der Waals surface area (Å²) in [4.78, 5) is 18.2. The van der Waals surface area contributed by atoms with Gasteiger partial charge in [0, 0.05) is 44.2 Å². The molecule has 1 aromatic carbocycles. The van der Waals surface area contributed by atoms with Gasteiger partial charge in [0.1, 0.15) is 5.82 Å². The van der Waals surface area contributed by atoms with E-state index in [2.05, 4.69) is 15.2 Å². The van der Waals surface area contributed by atoms with Crippen LogP contribution in [0.2, 0.25) is 0 Å². The van der Waals surface area contributed by atoms with Crippen LogP contribution in [0.15, 0.2) is 28.8 Å². The number of carbonyl (C=O) groups excluding carboxylic acids is 1. The predicted octanol–water partition coefficient (Wildman–Crippen LogP) is 2.57. The van der Waals surface area contributed by atoms with Crippen molar-refractivity contribution in [2.24, 2.45) is 7.05 Å². The van der Waals surface area contributed by atoms with Crippen molar-refractivity contribution < 1.29 is 13.7 Å². The van der Waals surface area contributed by atoms with Crippen LogP contribution in [0.5, 0.6) is 0 Å². The Morgan fingerprint density at radius 3 is 2.92 bits per heavy atom. The van der Waals surface area contributed by atoms with Crippen LogP contribution in [0, 0.1) is 5.82 Å². The quantitative estimate of drug-likeness (QED) is 0.722. The van der Waals surface area contributed by atoms with Crippen molar-refractivity contribution in [1.29, 1.82) is 0 Å². The van der Waals surface area contributed by atoms with Crippen molar-refractivity contribution in [3.63, 3.8) is 0 Å². The van der Waals surface area contributed by atoms with Gasteiger partial charge in [-0.2, -0.15) is 10.1 Å². The molecule has 0 radical (unpaired) electrons. The number of rotatable bonds is 3. The molecule has 0 saturated carbocycles. The lowest BCUT2D eigenvalue weighted by Gasteiger charge is -2.27. The zero-order valence-corrected chi connectivity index (χ0v) is 14.6. The second kappa shape index (κ2) is 6.36. The molecule has 0 fully saturated rings. The van der Waals surface area contributed by atoms with Gasteiger partial charge in [-0.1, -0.05) is 24.2 Å². The zero-order chi connectivity index (χ0) is 18.3. The third-order valence-corrected chi connectivity index (χ3v) is 4.64. The number of hydrogen-bond donors (Lipinski definition) is 0. The Bertz CT molecular complexity index is 978. The van der Waals surface area contributed by atoms with E-state index in [0.717, 1.165) is 17.7 Å². The van der Waals surface area contributed by atoms with E-state index in [9.17, 15) is 9.18 Å². The van der Waals surface area contributed by atoms with Gasteiger partial charge in [0.2, 0.25) is 11.7 Å². The number of benzene rings is 1. The average molecular weight is 355 g/mol. The summed E-state index contributed by atoms with van der Waals surface area (Å²) in [7, 11) is 1.85. The minimum absolute atomic E-state index is 0.100. The molecule has 1 aliphatic rings. The Morgan fingerprint density at radius 1 is 1.35 bits per heavy atom. The predicted molar refractivity (Wildman–Crippen MR) is 91.3 cm³/mol. The standard InChI is InChI=1S/C18H18FN5O2/c1-3-15(25)24-9-8-14-12(10-24)16(21-23(14)2)18-20-17(22-26-18)11-6-4-5-7-13(11)19/h4-7H,3,8-10H2,1-2H3. The molecule has 26 heavy (non-hydrogen) atoms. The first-order valence-corrected chi connectivity index (χ1v) is 8.50. The van der Waals surface area contributed by atoms with E-state index < -0.39 is 5.82 Å². The minimum atomic E-state index is -0.414. The maximum absolute atomic E-state index is 14.0. The summed E-state index contributed by atoms with van der Waals surface area (Å²) in [5.74, 6) is 0.0892. The van der Waals surface area contributed by atoms with Gasteiger partial charge >= 0.3 is 0 Å². The number of nitrogens with zero attached hydrogens (tertiary/aromatic N) is 5. The number of aryl methyl sites for hydroxylation is 1. The summed E-state index contributed by atoms with van der Waals surface area (Å²) in [6.45, 7) is 2.98. The third kappa shape index (κ3) is 2.67. The van der Waals surface area contributed by atoms with Crippen molar-refractivity contribution in [3.05, 3.63) is 41.3 Å². The van der Waals surface area contributed by atoms with Gasteiger partial charge in [-0.3, -0.25) is 9.48 Å². The highest BCUT2D eigenvalue weighted by Crippen LogP contribution is 2.30. The first-order chi connectivity index (χ1) is 12.6. The van der Waals surface area contributed by atoms with Crippen LogP contribution in [0.1, 0.15) is 24.6 Å². The molecule has 1 amide bonds. The Balaban J connectivity index is 1.72. The first kappa shape index (κ1) is 16.4. The fourth-order valence-electron chi connectivity index (χ4n) is 3.27. The fourth-order valence-corrected chi connectivity index (χ4v) is 3.27. The first-order valence-electron chi connectivity index (χ1n) is 8.50. The molecule has 0 aliphatic carbocycles. The third-order valence-electron chi connectivity index (χ3n) is 4.64. The van der Waals surface area contributed by atoms with E-state index in [0.29, 0.717) is 25.2 Å². The van der Waals surface area contributed by atoms with E-state index in [1.54, 1.807) is 22.9 Å². The van der Waals surface area contributed by atoms with Crippen LogP contribution in [0.4, 0.5) is 4.39 Å². The number of hydrogen-bond acceptors (Lipinski definition) is 5. The molecule has 3 heterocycles. The van der Waals surface area contributed by atoms with Gasteiger partial charge < -0.3 is 9.42 Å². The van der Waals surface area contributed by atoms with Crippen molar-refractivity contribution >= 4 is 5.91 Å². The normalized spacial score (nSPS) is 13.7. The summed E-state index contributed by atoms with van der Waals surface area (Å²) in [6.07, 6.45) is 1.18. The molecule has 8 heteroatoms. The topological polar surface area (TPSA) is 77.1 Å². The smallest absolute Gasteiger partial charge is 0.279 e. The van der Waals surface area contributed by atoms with Gasteiger partial charge in [0.15, 0.2) is 5.69 Å². The molecular weight excluding hydrogens is 337 g/mol. The molecule has 2 aromatic heterocycles. The molecule has 0 unspecified atom stereocenters. The average Bonchev–Trinajstić information content (AvgIpc) is 3.26. The van der Waals surface area contributed by atoms with E-state index in [-0.39, 0.29) is 23.2 Å². The van der Waals surface area contributed by atoms with E-state index >= 15 is 0 Å². The summed E-state index contributed by atoms with van der Waals surface area (Å²) in [5, 5.41) is 8.40. The van der Waals surface area contributed by atoms with Crippen LogP contribution in [-0.2, 0) is 24.8 Å². The molecule has 1 aliphatic heterocycles. The highest BCUT2D eigenvalue weighted by Gasteiger charge is 2.29. The molecule has 3 aromatic rings. The van der Waals surface area contributed by atoms with Crippen molar-refractivity contribution in [1.82, 2.24) is 24.8 Å². The van der Waals surface area contributed by atoms with Gasteiger partial charge in [0.05, 0.1) is 5.56 Å². The van der Waals surface area contributed by atoms with Crippen LogP contribution in [-0.4, -0.2) is 37.3 Å². The van der Waals surface area contributed by atoms with E-state index in [4.69, 9.17) is 4.52 Å². The molecule has 134 valence electrons. The molecule has 0 N–H and O–H groups in total. The maximum Gasteiger partial charge on any atom is 0.279 e. The molecule has 0 spiro atoms. The Morgan fingerprint density at radius 2 is 2.15 bits per heavy atom. The van der Waals surface area contributed by atoms with Crippen LogP contribution in [0.25, 0.3) is 23.0 Å². The van der Waals surface area contributed by atoms with Gasteiger partial charge in [-0.15, -0.1) is 0 Å². The van der Waals surface area contributed by atoms with E-state index in [1.165, 1.54) is 6.07 Å². The summed E-state index contributed by atoms with van der Waals surface area (Å²) in [6, 6.07) is 6.27. The van der Waals surface area contributed by atoms with Crippen LogP contribution < -0.4 is 0 Å². The van der Waals surface area contributed by atoms with E-state index in [1.807, 2.05) is 18.9 Å². The molecular formula is C18H18FN5O2. The molecule has 0 bridgehead atoms. The van der Waals surface area contributed by atoms with Crippen molar-refractivity contribution in [3.8, 4) is 23.0 Å². The van der Waals surface area contributed by atoms with Crippen LogP contribution in [0.3, 0.4) is 0 Å². The number of fused-ring (bicyclic) bond motifs is 1. The monoisotopic (exact) mass is 355 g/mol. The molecule has 0 saturated heterocycles. The zero-order valence-electron chi connectivity index (χ0n) is 14.6. The lowest BCUT2D eigenvalue weighted by atomic mass is 10.0. The van der Waals surface area contributed by atoms with Crippen molar-refractivity contribution in [2.75, 3.05) is 6.54 Å². The highest BCUT2D eigenvalue weighted by atomic mass is 19.1.